The fourth-order valence-electron chi connectivity index (χ4n) is 3.56. The van der Waals surface area contributed by atoms with E-state index in [2.05, 4.69) is 48.0 Å². The Hall–Kier alpha value is -3.38. The Morgan fingerprint density at radius 1 is 1.31 bits per heavy atom. The molecule has 1 saturated heterocycles. The molecule has 3 aromatic heterocycles. The van der Waals surface area contributed by atoms with Crippen LogP contribution < -0.4 is 11.2 Å². The van der Waals surface area contributed by atoms with Gasteiger partial charge < -0.3 is 5.73 Å². The molecule has 1 aliphatic rings. The minimum Gasteiger partial charge on any atom is -0.378 e. The highest BCUT2D eigenvalue weighted by molar-refractivity contribution is 6.00. The molecule has 0 aromatic carbocycles. The first-order valence-electron chi connectivity index (χ1n) is 10.1. The molecule has 12 nitrogen and oxygen atoms in total. The van der Waals surface area contributed by atoms with Gasteiger partial charge in [0.2, 0.25) is 11.6 Å². The van der Waals surface area contributed by atoms with Gasteiger partial charge in [0.25, 0.3) is 5.91 Å². The molecule has 32 heavy (non-hydrogen) atoms. The van der Waals surface area contributed by atoms with Gasteiger partial charge in [0.15, 0.2) is 5.69 Å². The number of likely N-dealkylation sites (tertiary alicyclic amines) is 1. The Morgan fingerprint density at radius 3 is 2.78 bits per heavy atom. The first kappa shape index (κ1) is 23.3. The average Bonchev–Trinajstić information content (AvgIpc) is 3.39. The van der Waals surface area contributed by atoms with Gasteiger partial charge in [-0.15, -0.1) is 17.5 Å². The summed E-state index contributed by atoms with van der Waals surface area (Å²) >= 11 is 0. The van der Waals surface area contributed by atoms with Gasteiger partial charge in [-0.25, -0.2) is 10.1 Å². The van der Waals surface area contributed by atoms with Crippen molar-refractivity contribution in [1.82, 2.24) is 40.6 Å². The highest BCUT2D eigenvalue weighted by Crippen LogP contribution is 2.22. The van der Waals surface area contributed by atoms with Crippen LogP contribution >= 0.6 is 12.4 Å². The van der Waals surface area contributed by atoms with Crippen molar-refractivity contribution in [3.8, 4) is 5.82 Å². The Morgan fingerprint density at radius 2 is 2.09 bits per heavy atom. The van der Waals surface area contributed by atoms with Crippen LogP contribution in [0.1, 0.15) is 54.9 Å². The number of nitrogens with one attached hydrogen (secondary N) is 1. The summed E-state index contributed by atoms with van der Waals surface area (Å²) in [5.74, 6) is -0.214. The monoisotopic (exact) mass is 460 g/mol. The lowest BCUT2D eigenvalue weighted by Crippen LogP contribution is -2.38. The largest absolute Gasteiger partial charge is 0.378 e. The van der Waals surface area contributed by atoms with Crippen LogP contribution in [0.3, 0.4) is 0 Å². The molecule has 4 heterocycles. The van der Waals surface area contributed by atoms with Gasteiger partial charge in [-0.3, -0.25) is 14.7 Å². The van der Waals surface area contributed by atoms with Crippen molar-refractivity contribution in [3.05, 3.63) is 41.5 Å². The van der Waals surface area contributed by atoms with Gasteiger partial charge in [0.1, 0.15) is 0 Å². The summed E-state index contributed by atoms with van der Waals surface area (Å²) in [6, 6.07) is 3.99. The Labute approximate surface area is 190 Å². The minimum absolute atomic E-state index is 0. The number of amides is 1. The van der Waals surface area contributed by atoms with Crippen molar-refractivity contribution in [2.75, 3.05) is 12.3 Å². The first-order valence-corrected chi connectivity index (χ1v) is 10.1. The van der Waals surface area contributed by atoms with E-state index in [0.29, 0.717) is 24.0 Å². The lowest BCUT2D eigenvalue weighted by atomic mass is 10.0. The number of pyridine rings is 1. The number of nitrogens with zero attached hydrogens (tertiary/aromatic N) is 8. The van der Waals surface area contributed by atoms with Crippen molar-refractivity contribution < 1.29 is 9.42 Å². The third-order valence-electron chi connectivity index (χ3n) is 5.39. The Kier molecular flexibility index (Phi) is 7.49. The summed E-state index contributed by atoms with van der Waals surface area (Å²) in [5, 5.41) is 19.8. The molecule has 4 rings (SSSR count). The molecule has 0 bridgehead atoms. The van der Waals surface area contributed by atoms with Crippen molar-refractivity contribution >= 4 is 29.8 Å². The van der Waals surface area contributed by atoms with E-state index in [9.17, 15) is 4.79 Å². The third-order valence-corrected chi connectivity index (χ3v) is 5.39. The van der Waals surface area contributed by atoms with E-state index in [1.165, 1.54) is 11.1 Å². The van der Waals surface area contributed by atoms with Crippen molar-refractivity contribution in [3.63, 3.8) is 0 Å². The second-order valence-corrected chi connectivity index (χ2v) is 7.46. The molecule has 170 valence electrons. The molecular formula is C19H25ClN10O2. The van der Waals surface area contributed by atoms with Gasteiger partial charge in [0.05, 0.1) is 11.4 Å². The molecule has 3 aromatic rings. The second kappa shape index (κ2) is 10.3. The topological polar surface area (TPSA) is 153 Å². The Bertz CT molecular complexity index is 1080. The van der Waals surface area contributed by atoms with E-state index in [1.807, 2.05) is 12.1 Å². The zero-order chi connectivity index (χ0) is 21.8. The van der Waals surface area contributed by atoms with Crippen LogP contribution in [0, 0.1) is 0 Å². The maximum absolute atomic E-state index is 12.9. The predicted molar refractivity (Wildman–Crippen MR) is 119 cm³/mol. The fourth-order valence-corrected chi connectivity index (χ4v) is 3.56. The molecule has 1 atom stereocenters. The number of hydrazone groups is 1. The standard InChI is InChI=1S/C19H24N10O2.ClH/c1-12-5-3-4-10-28(12)11-15-16(23-27-29(15)18-17(20)25-31-26-18)19(30)24-22-13(2)14-6-8-21-9-7-14;/h6-9,12H,3-5,10-11H2,1-2H3,(H2,20,25)(H,24,30);1H/b22-13-;. The number of hydrogen-bond donors (Lipinski definition) is 2. The molecule has 1 aliphatic heterocycles. The summed E-state index contributed by atoms with van der Waals surface area (Å²) in [4.78, 5) is 19.2. The molecule has 0 aliphatic carbocycles. The van der Waals surface area contributed by atoms with E-state index < -0.39 is 5.91 Å². The van der Waals surface area contributed by atoms with Gasteiger partial charge in [-0.05, 0) is 55.7 Å². The van der Waals surface area contributed by atoms with Crippen molar-refractivity contribution in [2.24, 2.45) is 5.10 Å². The number of nitrogens with two attached hydrogens (primary N) is 1. The van der Waals surface area contributed by atoms with Crippen LogP contribution in [0.15, 0.2) is 34.3 Å². The normalized spacial score (nSPS) is 17.1. The van der Waals surface area contributed by atoms with E-state index in [-0.39, 0.29) is 29.7 Å². The van der Waals surface area contributed by atoms with Gasteiger partial charge in [-0.2, -0.15) is 9.78 Å². The molecular weight excluding hydrogens is 436 g/mol. The fraction of sp³-hybridized carbons (Fsp3) is 0.421. The number of nitrogen functional groups attached to an aromatic ring is 1. The lowest BCUT2D eigenvalue weighted by Gasteiger charge is -2.33. The van der Waals surface area contributed by atoms with Crippen LogP contribution in [0.2, 0.25) is 0 Å². The van der Waals surface area contributed by atoms with E-state index in [1.54, 1.807) is 19.3 Å². The highest BCUT2D eigenvalue weighted by atomic mass is 35.5. The molecule has 0 spiro atoms. The summed E-state index contributed by atoms with van der Waals surface area (Å²) in [6.07, 6.45) is 6.69. The number of rotatable bonds is 6. The van der Waals surface area contributed by atoms with Gasteiger partial charge in [0, 0.05) is 30.5 Å². The number of halogens is 1. The average molecular weight is 461 g/mol. The number of carbonyl (C=O) groups is 1. The molecule has 0 radical (unpaired) electrons. The first-order chi connectivity index (χ1) is 15.0. The van der Waals surface area contributed by atoms with Gasteiger partial charge in [-0.1, -0.05) is 11.6 Å². The van der Waals surface area contributed by atoms with Crippen LogP contribution in [0.5, 0.6) is 0 Å². The lowest BCUT2D eigenvalue weighted by molar-refractivity contribution is 0.0944. The second-order valence-electron chi connectivity index (χ2n) is 7.46. The summed E-state index contributed by atoms with van der Waals surface area (Å²) < 4.78 is 6.11. The quantitative estimate of drug-likeness (QED) is 0.412. The van der Waals surface area contributed by atoms with Crippen LogP contribution in [0.4, 0.5) is 5.82 Å². The molecule has 1 fully saturated rings. The smallest absolute Gasteiger partial charge is 0.293 e. The zero-order valence-corrected chi connectivity index (χ0v) is 18.6. The predicted octanol–water partition coefficient (Wildman–Crippen LogP) is 1.58. The van der Waals surface area contributed by atoms with Crippen molar-refractivity contribution in [2.45, 2.75) is 45.7 Å². The summed E-state index contributed by atoms with van der Waals surface area (Å²) in [7, 11) is 0. The number of carbonyl (C=O) groups excluding carboxylic acids is 1. The van der Waals surface area contributed by atoms with Crippen LogP contribution in [0.25, 0.3) is 5.82 Å². The zero-order valence-electron chi connectivity index (χ0n) is 17.8. The maximum atomic E-state index is 12.9. The maximum Gasteiger partial charge on any atom is 0.293 e. The van der Waals surface area contributed by atoms with Gasteiger partial charge >= 0.3 is 0 Å². The molecule has 0 saturated carbocycles. The number of aromatic nitrogens is 6. The highest BCUT2D eigenvalue weighted by Gasteiger charge is 2.28. The molecule has 1 amide bonds. The molecule has 13 heteroatoms. The number of piperidine rings is 1. The number of hydrogen-bond acceptors (Lipinski definition) is 10. The summed E-state index contributed by atoms with van der Waals surface area (Å²) in [5.41, 5.74) is 10.6. The minimum atomic E-state index is -0.477. The third kappa shape index (κ3) is 4.92. The number of anilines is 1. The van der Waals surface area contributed by atoms with E-state index >= 15 is 0 Å². The summed E-state index contributed by atoms with van der Waals surface area (Å²) in [6.45, 7) is 5.33. The SMILES string of the molecule is C/C(=N/NC(=O)c1nnn(-c2nonc2N)c1CN1CCCCC1C)c1ccncc1.Cl. The Balaban J connectivity index is 0.00000289. The molecule has 1 unspecified atom stereocenters. The van der Waals surface area contributed by atoms with Crippen LogP contribution in [-0.2, 0) is 6.54 Å². The van der Waals surface area contributed by atoms with E-state index in [0.717, 1.165) is 24.9 Å². The molecule has 3 N–H and O–H groups in total. The van der Waals surface area contributed by atoms with Crippen molar-refractivity contribution in [1.29, 1.82) is 0 Å². The van der Waals surface area contributed by atoms with E-state index in [4.69, 9.17) is 10.4 Å². The van der Waals surface area contributed by atoms with Crippen LogP contribution in [-0.4, -0.2) is 59.4 Å².